The summed E-state index contributed by atoms with van der Waals surface area (Å²) in [6.07, 6.45) is -14.7. The number of morpholine rings is 1. The molecular formula is C25H25F7N4O4S. The first-order chi connectivity index (χ1) is 19.3. The molecule has 2 unspecified atom stereocenters. The lowest BCUT2D eigenvalue weighted by molar-refractivity contribution is -0.309. The molecular weight excluding hydrogens is 585 g/mol. The van der Waals surface area contributed by atoms with Gasteiger partial charge in [0.15, 0.2) is 0 Å². The maximum atomic E-state index is 14.7. The lowest BCUT2D eigenvalue weighted by atomic mass is 9.92. The minimum Gasteiger partial charge on any atom is -0.474 e. The van der Waals surface area contributed by atoms with Crippen molar-refractivity contribution in [1.82, 2.24) is 14.9 Å². The summed E-state index contributed by atoms with van der Waals surface area (Å²) in [5.41, 5.74) is 0.650. The van der Waals surface area contributed by atoms with E-state index < -0.39 is 48.6 Å². The Morgan fingerprint density at radius 2 is 1.76 bits per heavy atom. The number of hydrogen-bond acceptors (Lipinski definition) is 8. The van der Waals surface area contributed by atoms with Crippen LogP contribution in [0.1, 0.15) is 31.2 Å². The Morgan fingerprint density at radius 1 is 1.10 bits per heavy atom. The molecule has 1 amide bonds. The van der Waals surface area contributed by atoms with Gasteiger partial charge < -0.3 is 19.5 Å². The van der Waals surface area contributed by atoms with Crippen LogP contribution >= 0.6 is 11.8 Å². The lowest BCUT2D eigenvalue weighted by Crippen LogP contribution is -2.62. The zero-order valence-electron chi connectivity index (χ0n) is 21.5. The molecule has 1 N–H and O–H groups in total. The highest BCUT2D eigenvalue weighted by atomic mass is 32.2. The Bertz CT molecular complexity index is 1250. The quantitative estimate of drug-likeness (QED) is 0.373. The second kappa shape index (κ2) is 11.3. The van der Waals surface area contributed by atoms with E-state index in [2.05, 4.69) is 20.0 Å². The first-order valence-electron chi connectivity index (χ1n) is 12.7. The van der Waals surface area contributed by atoms with Crippen molar-refractivity contribution >= 4 is 29.4 Å². The molecule has 16 heteroatoms. The Hall–Kier alpha value is -3.01. The highest BCUT2D eigenvalue weighted by molar-refractivity contribution is 8.00. The molecule has 3 heterocycles. The number of aromatic nitrogens is 2. The Morgan fingerprint density at radius 3 is 2.34 bits per heavy atom. The maximum Gasteiger partial charge on any atom is 0.434 e. The van der Waals surface area contributed by atoms with Crippen molar-refractivity contribution in [2.45, 2.75) is 79.4 Å². The van der Waals surface area contributed by atoms with Gasteiger partial charge in [-0.2, -0.15) is 26.3 Å². The van der Waals surface area contributed by atoms with E-state index in [-0.39, 0.29) is 43.4 Å². The predicted molar refractivity (Wildman–Crippen MR) is 132 cm³/mol. The number of rotatable bonds is 7. The van der Waals surface area contributed by atoms with E-state index in [1.807, 2.05) is 6.07 Å². The van der Waals surface area contributed by atoms with Crippen LogP contribution < -0.4 is 10.1 Å². The fourth-order valence-corrected chi connectivity index (χ4v) is 5.83. The van der Waals surface area contributed by atoms with Gasteiger partial charge in [0, 0.05) is 23.0 Å². The highest BCUT2D eigenvalue weighted by Crippen LogP contribution is 2.41. The van der Waals surface area contributed by atoms with Crippen LogP contribution in [0.5, 0.6) is 5.88 Å². The number of anilines is 2. The molecule has 1 aromatic carbocycles. The van der Waals surface area contributed by atoms with E-state index in [9.17, 15) is 35.5 Å². The highest BCUT2D eigenvalue weighted by Gasteiger charge is 2.61. The zero-order chi connectivity index (χ0) is 29.5. The van der Waals surface area contributed by atoms with Crippen LogP contribution in [-0.2, 0) is 9.47 Å². The zero-order valence-corrected chi connectivity index (χ0v) is 22.3. The number of benzene rings is 1. The third-order valence-corrected chi connectivity index (χ3v) is 8.17. The first-order valence-corrected chi connectivity index (χ1v) is 13.6. The van der Waals surface area contributed by atoms with Gasteiger partial charge in [-0.1, -0.05) is 0 Å². The topological polar surface area (TPSA) is 85.8 Å². The van der Waals surface area contributed by atoms with Crippen LogP contribution in [0.4, 0.5) is 47.0 Å². The van der Waals surface area contributed by atoms with Crippen molar-refractivity contribution in [3.8, 4) is 5.88 Å². The average molecular weight is 611 g/mol. The lowest BCUT2D eigenvalue weighted by Gasteiger charge is -2.47. The number of carbonyl (C=O) groups excluding carboxylic acids is 1. The molecule has 2 saturated heterocycles. The Balaban J connectivity index is 1.25. The van der Waals surface area contributed by atoms with Crippen molar-refractivity contribution < 1.29 is 49.7 Å². The molecule has 0 radical (unpaired) electrons. The summed E-state index contributed by atoms with van der Waals surface area (Å²) in [6, 6.07) is 3.10. The second-order valence-corrected chi connectivity index (χ2v) is 11.4. The number of carbonyl (C=O) groups is 1. The van der Waals surface area contributed by atoms with Crippen LogP contribution in [0, 0.1) is 12.7 Å². The summed E-state index contributed by atoms with van der Waals surface area (Å²) in [7, 11) is 0. The third kappa shape index (κ3) is 6.90. The molecule has 3 aliphatic rings. The van der Waals surface area contributed by atoms with Crippen molar-refractivity contribution in [2.24, 2.45) is 0 Å². The van der Waals surface area contributed by atoms with E-state index in [0.29, 0.717) is 10.8 Å². The summed E-state index contributed by atoms with van der Waals surface area (Å²) < 4.78 is 108. The number of ether oxygens (including phenoxy) is 3. The van der Waals surface area contributed by atoms with E-state index in [4.69, 9.17) is 9.47 Å². The molecule has 1 aromatic heterocycles. The Labute approximate surface area is 233 Å². The maximum absolute atomic E-state index is 14.7. The van der Waals surface area contributed by atoms with Gasteiger partial charge in [-0.3, -0.25) is 4.90 Å². The largest absolute Gasteiger partial charge is 0.474 e. The molecule has 1 aliphatic carbocycles. The normalized spacial score (nSPS) is 23.0. The van der Waals surface area contributed by atoms with Gasteiger partial charge in [0.25, 0.3) is 6.10 Å². The van der Waals surface area contributed by atoms with Gasteiger partial charge in [0.05, 0.1) is 36.5 Å². The van der Waals surface area contributed by atoms with E-state index in [1.165, 1.54) is 12.4 Å². The molecule has 2 aromatic rings. The minimum atomic E-state index is -5.82. The molecule has 8 nitrogen and oxygen atoms in total. The number of alkyl halides is 6. The number of nitrogens with zero attached hydrogens (tertiary/aromatic N) is 3. The molecule has 1 saturated carbocycles. The number of hydrogen-bond donors (Lipinski definition) is 1. The van der Waals surface area contributed by atoms with Crippen molar-refractivity contribution in [2.75, 3.05) is 18.5 Å². The predicted octanol–water partition coefficient (Wildman–Crippen LogP) is 6.16. The number of nitrogens with one attached hydrogen (secondary N) is 1. The summed E-state index contributed by atoms with van der Waals surface area (Å²) >= 11 is 1.62. The van der Waals surface area contributed by atoms with Gasteiger partial charge in [-0.15, -0.1) is 11.8 Å². The van der Waals surface area contributed by atoms with Crippen LogP contribution in [0.25, 0.3) is 0 Å². The molecule has 5 rings (SSSR count). The Kier molecular flexibility index (Phi) is 8.16. The molecule has 3 fully saturated rings. The van der Waals surface area contributed by atoms with Gasteiger partial charge in [-0.05, 0) is 38.0 Å². The number of fused-ring (bicyclic) bond motifs is 2. The van der Waals surface area contributed by atoms with Crippen LogP contribution in [0.15, 0.2) is 29.4 Å². The minimum absolute atomic E-state index is 0.0370. The molecule has 224 valence electrons. The first kappa shape index (κ1) is 29.5. The SMILES string of the molecule is Cc1c(Nc2ccc(SC3CC3)cc2F)ncnc1OC1CC2COCC(C1)N2C(=O)OC(C(F)(F)F)C(F)(F)F. The van der Waals surface area contributed by atoms with Gasteiger partial charge >= 0.3 is 18.4 Å². The van der Waals surface area contributed by atoms with Crippen molar-refractivity contribution in [3.63, 3.8) is 0 Å². The number of halogens is 7. The molecule has 2 atom stereocenters. The molecule has 2 aliphatic heterocycles. The molecule has 0 spiro atoms. The van der Waals surface area contributed by atoms with Gasteiger partial charge in [0.2, 0.25) is 5.88 Å². The fourth-order valence-electron chi connectivity index (χ4n) is 4.75. The van der Waals surface area contributed by atoms with E-state index in [1.54, 1.807) is 24.8 Å². The van der Waals surface area contributed by atoms with Gasteiger partial charge in [-0.25, -0.2) is 19.2 Å². The van der Waals surface area contributed by atoms with Crippen LogP contribution in [0.2, 0.25) is 0 Å². The monoisotopic (exact) mass is 610 g/mol. The standard InChI is InChI=1S/C25H25F7N4O4S/c1-12-20(35-19-5-4-17(8-18(19)26)41-16-2-3-16)33-11-34-21(12)39-15-6-13-9-38-10-14(7-15)36(13)23(37)40-22(24(27,28)29)25(30,31)32/h4-5,8,11,13-16,22H,2-3,6-7,9-10H2,1H3,(H,33,34,35). The molecule has 2 bridgehead atoms. The second-order valence-electron chi connectivity index (χ2n) is 10.0. The fraction of sp³-hybridized carbons (Fsp3) is 0.560. The van der Waals surface area contributed by atoms with E-state index >= 15 is 0 Å². The summed E-state index contributed by atoms with van der Waals surface area (Å²) in [4.78, 5) is 22.5. The third-order valence-electron chi connectivity index (χ3n) is 6.84. The number of thioether (sulfide) groups is 1. The number of piperidine rings is 1. The smallest absolute Gasteiger partial charge is 0.434 e. The van der Waals surface area contributed by atoms with Gasteiger partial charge in [0.1, 0.15) is 24.1 Å². The molecule has 41 heavy (non-hydrogen) atoms. The summed E-state index contributed by atoms with van der Waals surface area (Å²) in [5, 5.41) is 3.46. The summed E-state index contributed by atoms with van der Waals surface area (Å²) in [5.74, 6) is -0.0223. The van der Waals surface area contributed by atoms with Crippen LogP contribution in [-0.4, -0.2) is 76.1 Å². The van der Waals surface area contributed by atoms with Crippen molar-refractivity contribution in [3.05, 3.63) is 35.9 Å². The van der Waals surface area contributed by atoms with Crippen molar-refractivity contribution in [1.29, 1.82) is 0 Å². The van der Waals surface area contributed by atoms with Crippen LogP contribution in [0.3, 0.4) is 0 Å². The summed E-state index contributed by atoms with van der Waals surface area (Å²) in [6.45, 7) is 1.40. The average Bonchev–Trinajstić information content (AvgIpc) is 3.68. The van der Waals surface area contributed by atoms with E-state index in [0.717, 1.165) is 22.6 Å². The number of amides is 1.